The first-order chi connectivity index (χ1) is 6.45. The van der Waals surface area contributed by atoms with Crippen LogP contribution in [0.1, 0.15) is 39.3 Å². The van der Waals surface area contributed by atoms with Crippen LogP contribution in [-0.4, -0.2) is 9.97 Å². The highest BCUT2D eigenvalue weighted by Gasteiger charge is 2.20. The molecule has 4 heteroatoms. The maximum Gasteiger partial charge on any atom is 0.325 e. The van der Waals surface area contributed by atoms with E-state index in [1.54, 1.807) is 0 Å². The smallest absolute Gasteiger partial charge is 0.311 e. The molecule has 1 aromatic heterocycles. The van der Waals surface area contributed by atoms with Crippen molar-refractivity contribution in [1.29, 1.82) is 0 Å². The van der Waals surface area contributed by atoms with Crippen molar-refractivity contribution in [3.8, 4) is 0 Å². The molecular weight excluding hydrogens is 180 g/mol. The van der Waals surface area contributed by atoms with Gasteiger partial charge in [0.05, 0.1) is 0 Å². The average molecular weight is 196 g/mol. The molecule has 1 heterocycles. The third kappa shape index (κ3) is 2.34. The molecule has 0 radical (unpaired) electrons. The Morgan fingerprint density at radius 3 is 2.43 bits per heavy atom. The topological polar surface area (TPSA) is 65.7 Å². The Hall–Kier alpha value is -1.32. The van der Waals surface area contributed by atoms with E-state index >= 15 is 0 Å². The van der Waals surface area contributed by atoms with E-state index in [4.69, 9.17) is 0 Å². The predicted octanol–water partition coefficient (Wildman–Crippen LogP) is 1.14. The van der Waals surface area contributed by atoms with Crippen LogP contribution in [0.4, 0.5) is 0 Å². The molecule has 2 N–H and O–H groups in total. The van der Waals surface area contributed by atoms with Crippen LogP contribution < -0.4 is 11.2 Å². The van der Waals surface area contributed by atoms with Gasteiger partial charge in [-0.3, -0.25) is 9.78 Å². The maximum atomic E-state index is 11.1. The molecule has 0 aliphatic rings. The van der Waals surface area contributed by atoms with Crippen LogP contribution in [0.15, 0.2) is 15.7 Å². The lowest BCUT2D eigenvalue weighted by molar-refractivity contribution is 0.456. The Morgan fingerprint density at radius 1 is 1.29 bits per heavy atom. The van der Waals surface area contributed by atoms with Gasteiger partial charge in [0.1, 0.15) is 0 Å². The van der Waals surface area contributed by atoms with Gasteiger partial charge in [0, 0.05) is 17.2 Å². The van der Waals surface area contributed by atoms with Gasteiger partial charge >= 0.3 is 5.69 Å². The maximum absolute atomic E-state index is 11.1. The molecule has 0 amide bonds. The first-order valence-electron chi connectivity index (χ1n) is 4.80. The summed E-state index contributed by atoms with van der Waals surface area (Å²) in [7, 11) is 0. The molecule has 0 aliphatic carbocycles. The van der Waals surface area contributed by atoms with E-state index < -0.39 is 5.69 Å². The highest BCUT2D eigenvalue weighted by Crippen LogP contribution is 2.24. The predicted molar refractivity (Wildman–Crippen MR) is 55.6 cm³/mol. The number of nitrogens with one attached hydrogen (secondary N) is 2. The molecule has 4 nitrogen and oxygen atoms in total. The van der Waals surface area contributed by atoms with E-state index in [9.17, 15) is 9.59 Å². The molecule has 78 valence electrons. The van der Waals surface area contributed by atoms with Gasteiger partial charge in [-0.2, -0.15) is 0 Å². The number of rotatable bonds is 3. The molecule has 0 bridgehead atoms. The Morgan fingerprint density at radius 2 is 1.93 bits per heavy atom. The second kappa shape index (κ2) is 3.82. The van der Waals surface area contributed by atoms with Crippen LogP contribution in [0.2, 0.25) is 0 Å². The summed E-state index contributed by atoms with van der Waals surface area (Å²) in [6, 6.07) is 1.46. The molecule has 0 fully saturated rings. The van der Waals surface area contributed by atoms with E-state index in [2.05, 4.69) is 16.9 Å². The van der Waals surface area contributed by atoms with Crippen molar-refractivity contribution in [2.75, 3.05) is 0 Å². The quantitative estimate of drug-likeness (QED) is 0.761. The average Bonchev–Trinajstić information content (AvgIpc) is 2.02. The Kier molecular flexibility index (Phi) is 2.93. The van der Waals surface area contributed by atoms with Crippen molar-refractivity contribution in [3.05, 3.63) is 32.6 Å². The van der Waals surface area contributed by atoms with Crippen molar-refractivity contribution >= 4 is 0 Å². The normalized spacial score (nSPS) is 11.6. The summed E-state index contributed by atoms with van der Waals surface area (Å²) in [4.78, 5) is 27.0. The number of hydrogen-bond donors (Lipinski definition) is 2. The molecule has 0 aliphatic heterocycles. The van der Waals surface area contributed by atoms with Crippen LogP contribution >= 0.6 is 0 Å². The summed E-state index contributed by atoms with van der Waals surface area (Å²) in [5.41, 5.74) is -0.222. The largest absolute Gasteiger partial charge is 0.325 e. The highest BCUT2D eigenvalue weighted by molar-refractivity contribution is 5.11. The molecule has 0 saturated heterocycles. The minimum Gasteiger partial charge on any atom is -0.311 e. The summed E-state index contributed by atoms with van der Waals surface area (Å²) in [5.74, 6) is 0. The van der Waals surface area contributed by atoms with Gasteiger partial charge in [-0.15, -0.1) is 0 Å². The first kappa shape index (κ1) is 10.8. The SMILES string of the molecule is CCCC(C)(C)c1cc(=O)[nH]c(=O)[nH]1. The minimum absolute atomic E-state index is 0.151. The number of H-pyrrole nitrogens is 2. The van der Waals surface area contributed by atoms with Crippen LogP contribution in [0, 0.1) is 0 Å². The zero-order valence-electron chi connectivity index (χ0n) is 8.81. The van der Waals surface area contributed by atoms with Crippen LogP contribution in [0.25, 0.3) is 0 Å². The second-order valence-electron chi connectivity index (χ2n) is 4.14. The van der Waals surface area contributed by atoms with Crippen LogP contribution in [0.5, 0.6) is 0 Å². The van der Waals surface area contributed by atoms with E-state index in [0.717, 1.165) is 12.8 Å². The zero-order valence-corrected chi connectivity index (χ0v) is 8.81. The van der Waals surface area contributed by atoms with Crippen molar-refractivity contribution in [2.45, 2.75) is 39.0 Å². The Balaban J connectivity index is 3.18. The van der Waals surface area contributed by atoms with Gasteiger partial charge in [-0.05, 0) is 6.42 Å². The minimum atomic E-state index is -0.434. The lowest BCUT2D eigenvalue weighted by Gasteiger charge is -2.23. The van der Waals surface area contributed by atoms with Gasteiger partial charge in [0.25, 0.3) is 5.56 Å². The summed E-state index contributed by atoms with van der Waals surface area (Å²) in [6.07, 6.45) is 1.95. The van der Waals surface area contributed by atoms with Gasteiger partial charge in [-0.1, -0.05) is 27.2 Å². The van der Waals surface area contributed by atoms with Gasteiger partial charge in [-0.25, -0.2) is 4.79 Å². The van der Waals surface area contributed by atoms with Crippen molar-refractivity contribution in [1.82, 2.24) is 9.97 Å². The molecule has 0 atom stereocenters. The van der Waals surface area contributed by atoms with Crippen molar-refractivity contribution in [2.24, 2.45) is 0 Å². The van der Waals surface area contributed by atoms with E-state index in [1.807, 2.05) is 13.8 Å². The Labute approximate surface area is 82.4 Å². The third-order valence-electron chi connectivity index (χ3n) is 2.36. The fourth-order valence-corrected chi connectivity index (χ4v) is 1.59. The van der Waals surface area contributed by atoms with Crippen molar-refractivity contribution < 1.29 is 0 Å². The number of aromatic nitrogens is 2. The number of aromatic amines is 2. The molecule has 0 unspecified atom stereocenters. The fraction of sp³-hybridized carbons (Fsp3) is 0.600. The summed E-state index contributed by atoms with van der Waals surface area (Å²) < 4.78 is 0. The third-order valence-corrected chi connectivity index (χ3v) is 2.36. The number of hydrogen-bond acceptors (Lipinski definition) is 2. The lowest BCUT2D eigenvalue weighted by Crippen LogP contribution is -2.29. The first-order valence-corrected chi connectivity index (χ1v) is 4.80. The summed E-state index contributed by atoms with van der Waals surface area (Å²) >= 11 is 0. The van der Waals surface area contributed by atoms with E-state index in [0.29, 0.717) is 5.69 Å². The molecular formula is C10H16N2O2. The zero-order chi connectivity index (χ0) is 10.8. The molecule has 14 heavy (non-hydrogen) atoms. The molecule has 1 aromatic rings. The standard InChI is InChI=1S/C10H16N2O2/c1-4-5-10(2,3)7-6-8(13)12-9(14)11-7/h6H,4-5H2,1-3H3,(H2,11,12,13,14). The highest BCUT2D eigenvalue weighted by atomic mass is 16.2. The lowest BCUT2D eigenvalue weighted by atomic mass is 9.84. The summed E-state index contributed by atoms with van der Waals surface area (Å²) in [6.45, 7) is 6.11. The molecule has 1 rings (SSSR count). The van der Waals surface area contributed by atoms with Crippen LogP contribution in [-0.2, 0) is 5.41 Å². The molecule has 0 saturated carbocycles. The van der Waals surface area contributed by atoms with Crippen molar-refractivity contribution in [3.63, 3.8) is 0 Å². The van der Waals surface area contributed by atoms with E-state index in [-0.39, 0.29) is 11.0 Å². The monoisotopic (exact) mass is 196 g/mol. The molecule has 0 aromatic carbocycles. The van der Waals surface area contributed by atoms with Crippen LogP contribution in [0.3, 0.4) is 0 Å². The summed E-state index contributed by atoms with van der Waals surface area (Å²) in [5, 5.41) is 0. The fourth-order valence-electron chi connectivity index (χ4n) is 1.59. The van der Waals surface area contributed by atoms with E-state index in [1.165, 1.54) is 6.07 Å². The van der Waals surface area contributed by atoms with Gasteiger partial charge < -0.3 is 4.98 Å². The Bertz CT molecular complexity index is 386. The molecule has 0 spiro atoms. The van der Waals surface area contributed by atoms with Gasteiger partial charge in [0.15, 0.2) is 0 Å². The second-order valence-corrected chi connectivity index (χ2v) is 4.14. The van der Waals surface area contributed by atoms with Gasteiger partial charge in [0.2, 0.25) is 0 Å².